The second kappa shape index (κ2) is 6.12. The number of phenols is 2. The van der Waals surface area contributed by atoms with Crippen LogP contribution in [0.4, 0.5) is 0 Å². The Balaban J connectivity index is 2.30. The van der Waals surface area contributed by atoms with Crippen molar-refractivity contribution in [3.05, 3.63) is 47.5 Å². The van der Waals surface area contributed by atoms with Crippen LogP contribution in [0.3, 0.4) is 0 Å². The molecule has 0 saturated heterocycles. The largest absolute Gasteiger partial charge is 0.507 e. The summed E-state index contributed by atoms with van der Waals surface area (Å²) in [7, 11) is 0. The first-order chi connectivity index (χ1) is 10.5. The first-order valence-electron chi connectivity index (χ1n) is 7.83. The maximum absolute atomic E-state index is 10.3. The zero-order chi connectivity index (χ0) is 17.4. The van der Waals surface area contributed by atoms with Gasteiger partial charge in [0.15, 0.2) is 0 Å². The smallest absolute Gasteiger partial charge is 0.129 e. The molecule has 0 spiro atoms. The molecule has 124 valence electrons. The van der Waals surface area contributed by atoms with Crippen LogP contribution in [0.1, 0.15) is 52.7 Å². The van der Waals surface area contributed by atoms with E-state index < -0.39 is 0 Å². The molecule has 0 radical (unpaired) electrons. The van der Waals surface area contributed by atoms with E-state index in [-0.39, 0.29) is 22.3 Å². The van der Waals surface area contributed by atoms with Gasteiger partial charge in [-0.1, -0.05) is 65.4 Å². The molecule has 2 N–H and O–H groups in total. The molecule has 0 aliphatic rings. The topological polar surface area (TPSA) is 40.5 Å². The summed E-state index contributed by atoms with van der Waals surface area (Å²) in [5.41, 5.74) is 2.17. The summed E-state index contributed by atoms with van der Waals surface area (Å²) in [5.74, 6) is 0.503. The molecule has 0 atom stereocenters. The van der Waals surface area contributed by atoms with E-state index in [0.717, 1.165) is 20.9 Å². The van der Waals surface area contributed by atoms with Crippen molar-refractivity contribution in [2.45, 2.75) is 62.2 Å². The molecule has 0 aromatic heterocycles. The zero-order valence-corrected chi connectivity index (χ0v) is 15.6. The van der Waals surface area contributed by atoms with Crippen molar-refractivity contribution in [1.82, 2.24) is 0 Å². The first kappa shape index (κ1) is 17.7. The lowest BCUT2D eigenvalue weighted by Crippen LogP contribution is -2.10. The van der Waals surface area contributed by atoms with Gasteiger partial charge in [0.05, 0.1) is 9.79 Å². The second-order valence-corrected chi connectivity index (χ2v) is 9.05. The lowest BCUT2D eigenvalue weighted by molar-refractivity contribution is 0.455. The van der Waals surface area contributed by atoms with Gasteiger partial charge in [-0.25, -0.2) is 0 Å². The molecular formula is C20H26O2S. The molecule has 2 nitrogen and oxygen atoms in total. The van der Waals surface area contributed by atoms with Crippen LogP contribution < -0.4 is 0 Å². The third-order valence-corrected chi connectivity index (χ3v) is 5.00. The van der Waals surface area contributed by atoms with Gasteiger partial charge in [-0.3, -0.25) is 0 Å². The quantitative estimate of drug-likeness (QED) is 0.726. The predicted octanol–water partition coefficient (Wildman–Crippen LogP) is 5.84. The summed E-state index contributed by atoms with van der Waals surface area (Å²) >= 11 is 1.38. The number of rotatable bonds is 2. The van der Waals surface area contributed by atoms with Gasteiger partial charge in [0.1, 0.15) is 11.5 Å². The van der Waals surface area contributed by atoms with E-state index in [1.807, 2.05) is 36.4 Å². The van der Waals surface area contributed by atoms with E-state index in [1.165, 1.54) is 11.8 Å². The molecule has 0 bridgehead atoms. The predicted molar refractivity (Wildman–Crippen MR) is 97.7 cm³/mol. The van der Waals surface area contributed by atoms with Gasteiger partial charge in [-0.05, 0) is 46.2 Å². The maximum atomic E-state index is 10.3. The van der Waals surface area contributed by atoms with Gasteiger partial charge in [0.25, 0.3) is 0 Å². The fourth-order valence-electron chi connectivity index (χ4n) is 2.26. The van der Waals surface area contributed by atoms with Crippen LogP contribution in [-0.4, -0.2) is 10.2 Å². The highest BCUT2D eigenvalue weighted by Gasteiger charge is 2.18. The summed E-state index contributed by atoms with van der Waals surface area (Å²) in [6, 6.07) is 11.5. The molecule has 0 aliphatic carbocycles. The van der Waals surface area contributed by atoms with E-state index in [1.54, 1.807) is 0 Å². The van der Waals surface area contributed by atoms with E-state index in [2.05, 4.69) is 41.5 Å². The molecule has 0 aliphatic heterocycles. The lowest BCUT2D eigenvalue weighted by Gasteiger charge is -2.21. The minimum absolute atomic E-state index is 0.00281. The van der Waals surface area contributed by atoms with Crippen molar-refractivity contribution in [3.8, 4) is 11.5 Å². The third-order valence-electron chi connectivity index (χ3n) is 3.87. The average molecular weight is 330 g/mol. The van der Waals surface area contributed by atoms with Crippen molar-refractivity contribution in [2.24, 2.45) is 0 Å². The Morgan fingerprint density at radius 3 is 1.26 bits per heavy atom. The molecule has 0 heterocycles. The SMILES string of the molecule is CC(C)(C)c1ccc(Sc2ccc(C(C)(C)C)cc2O)c(O)c1. The highest BCUT2D eigenvalue weighted by Crippen LogP contribution is 2.41. The molecule has 0 unspecified atom stereocenters. The number of aromatic hydroxyl groups is 2. The van der Waals surface area contributed by atoms with Crippen LogP contribution in [-0.2, 0) is 10.8 Å². The van der Waals surface area contributed by atoms with Crippen LogP contribution in [0.15, 0.2) is 46.2 Å². The van der Waals surface area contributed by atoms with Gasteiger partial charge in [-0.15, -0.1) is 0 Å². The van der Waals surface area contributed by atoms with Crippen LogP contribution in [0, 0.1) is 0 Å². The van der Waals surface area contributed by atoms with Crippen LogP contribution in [0.5, 0.6) is 11.5 Å². The van der Waals surface area contributed by atoms with Crippen molar-refractivity contribution in [1.29, 1.82) is 0 Å². The zero-order valence-electron chi connectivity index (χ0n) is 14.8. The number of hydrogen-bond donors (Lipinski definition) is 2. The number of hydrogen-bond acceptors (Lipinski definition) is 3. The van der Waals surface area contributed by atoms with Gasteiger partial charge >= 0.3 is 0 Å². The first-order valence-corrected chi connectivity index (χ1v) is 8.65. The minimum atomic E-state index is -0.00281. The summed E-state index contributed by atoms with van der Waals surface area (Å²) in [6.07, 6.45) is 0. The summed E-state index contributed by atoms with van der Waals surface area (Å²) < 4.78 is 0. The Labute approximate surface area is 143 Å². The fourth-order valence-corrected chi connectivity index (χ4v) is 3.09. The minimum Gasteiger partial charge on any atom is -0.507 e. The van der Waals surface area contributed by atoms with Gasteiger partial charge in [0, 0.05) is 0 Å². The molecule has 2 aromatic carbocycles. The highest BCUT2D eigenvalue weighted by molar-refractivity contribution is 7.99. The number of phenolic OH excluding ortho intramolecular Hbond substituents is 2. The highest BCUT2D eigenvalue weighted by atomic mass is 32.2. The second-order valence-electron chi connectivity index (χ2n) is 7.97. The fraction of sp³-hybridized carbons (Fsp3) is 0.400. The standard InChI is InChI=1S/C20H26O2S/c1-19(2,3)13-7-9-17(15(21)11-13)23-18-10-8-14(12-16(18)22)20(4,5)6/h7-12,21-22H,1-6H3. The molecule has 2 aromatic rings. The Morgan fingerprint density at radius 2 is 1.00 bits per heavy atom. The maximum Gasteiger partial charge on any atom is 0.129 e. The van der Waals surface area contributed by atoms with Crippen molar-refractivity contribution in [3.63, 3.8) is 0 Å². The Bertz CT molecular complexity index is 645. The van der Waals surface area contributed by atoms with E-state index >= 15 is 0 Å². The normalized spacial score (nSPS) is 12.4. The molecule has 0 fully saturated rings. The molecule has 0 amide bonds. The van der Waals surface area contributed by atoms with Crippen LogP contribution >= 0.6 is 11.8 Å². The van der Waals surface area contributed by atoms with Crippen LogP contribution in [0.25, 0.3) is 0 Å². The third kappa shape index (κ3) is 4.23. The van der Waals surface area contributed by atoms with Gasteiger partial charge in [0.2, 0.25) is 0 Å². The summed E-state index contributed by atoms with van der Waals surface area (Å²) in [4.78, 5) is 1.49. The van der Waals surface area contributed by atoms with Crippen molar-refractivity contribution < 1.29 is 10.2 Å². The molecular weight excluding hydrogens is 304 g/mol. The Hall–Kier alpha value is -1.61. The average Bonchev–Trinajstić information content (AvgIpc) is 2.40. The molecule has 2 rings (SSSR count). The molecule has 23 heavy (non-hydrogen) atoms. The van der Waals surface area contributed by atoms with Crippen molar-refractivity contribution >= 4 is 11.8 Å². The summed E-state index contributed by atoms with van der Waals surface area (Å²) in [6.45, 7) is 12.7. The van der Waals surface area contributed by atoms with Crippen LogP contribution in [0.2, 0.25) is 0 Å². The molecule has 3 heteroatoms. The molecule has 0 saturated carbocycles. The summed E-state index contributed by atoms with van der Waals surface area (Å²) in [5, 5.41) is 20.6. The Morgan fingerprint density at radius 1 is 0.652 bits per heavy atom. The Kier molecular flexibility index (Phi) is 4.72. The monoisotopic (exact) mass is 330 g/mol. The lowest BCUT2D eigenvalue weighted by atomic mass is 9.87. The van der Waals surface area contributed by atoms with E-state index in [4.69, 9.17) is 0 Å². The van der Waals surface area contributed by atoms with Gasteiger partial charge < -0.3 is 10.2 Å². The van der Waals surface area contributed by atoms with Crippen molar-refractivity contribution in [2.75, 3.05) is 0 Å². The van der Waals surface area contributed by atoms with Gasteiger partial charge in [-0.2, -0.15) is 0 Å². The van der Waals surface area contributed by atoms with E-state index in [0.29, 0.717) is 0 Å². The van der Waals surface area contributed by atoms with E-state index in [9.17, 15) is 10.2 Å². The number of benzene rings is 2.